The Morgan fingerprint density at radius 2 is 1.66 bits per heavy atom. The highest BCUT2D eigenvalue weighted by molar-refractivity contribution is 7.89. The maximum Gasteiger partial charge on any atom is 0.243 e. The van der Waals surface area contributed by atoms with Crippen molar-refractivity contribution in [3.63, 3.8) is 0 Å². The zero-order valence-corrected chi connectivity index (χ0v) is 17.7. The van der Waals surface area contributed by atoms with Crippen molar-refractivity contribution < 1.29 is 12.9 Å². The van der Waals surface area contributed by atoms with E-state index in [4.69, 9.17) is 27.7 Å². The molecule has 1 fully saturated rings. The Labute approximate surface area is 178 Å². The molecular weight excluding hydrogens is 435 g/mol. The molecule has 1 aliphatic rings. The van der Waals surface area contributed by atoms with Crippen molar-refractivity contribution in [2.75, 3.05) is 26.2 Å². The van der Waals surface area contributed by atoms with Crippen LogP contribution < -0.4 is 0 Å². The molecular formula is C19H18Cl2N4O3S. The Hall–Kier alpha value is -1.97. The molecule has 10 heteroatoms. The highest BCUT2D eigenvalue weighted by Gasteiger charge is 2.29. The Morgan fingerprint density at radius 1 is 0.966 bits per heavy atom. The van der Waals surface area contributed by atoms with E-state index in [0.717, 1.165) is 5.56 Å². The van der Waals surface area contributed by atoms with E-state index in [2.05, 4.69) is 15.0 Å². The summed E-state index contributed by atoms with van der Waals surface area (Å²) in [6.45, 7) is 2.34. The van der Waals surface area contributed by atoms with Crippen molar-refractivity contribution >= 4 is 33.2 Å². The van der Waals surface area contributed by atoms with Gasteiger partial charge in [0, 0.05) is 41.8 Å². The van der Waals surface area contributed by atoms with E-state index >= 15 is 0 Å². The number of aromatic nitrogens is 2. The number of nitrogens with zero attached hydrogens (tertiary/aromatic N) is 4. The van der Waals surface area contributed by atoms with Gasteiger partial charge in [-0.1, -0.05) is 46.6 Å². The highest BCUT2D eigenvalue weighted by atomic mass is 35.5. The van der Waals surface area contributed by atoms with Crippen molar-refractivity contribution in [1.82, 2.24) is 19.3 Å². The minimum Gasteiger partial charge on any atom is -0.338 e. The van der Waals surface area contributed by atoms with Crippen LogP contribution in [0.5, 0.6) is 0 Å². The zero-order valence-electron chi connectivity index (χ0n) is 15.3. The van der Waals surface area contributed by atoms with Gasteiger partial charge in [-0.2, -0.15) is 9.29 Å². The molecule has 29 heavy (non-hydrogen) atoms. The summed E-state index contributed by atoms with van der Waals surface area (Å²) < 4.78 is 32.4. The van der Waals surface area contributed by atoms with E-state index in [0.29, 0.717) is 54.5 Å². The second kappa shape index (κ2) is 8.41. The average Bonchev–Trinajstić information content (AvgIpc) is 3.17. The lowest BCUT2D eigenvalue weighted by atomic mass is 10.2. The van der Waals surface area contributed by atoms with Crippen molar-refractivity contribution in [3.8, 4) is 11.4 Å². The SMILES string of the molecule is O=S(=O)(c1cccc(Cl)c1)N1CCN(Cc2nc(-c3cccc(Cl)c3)no2)CC1. The molecule has 2 aromatic carbocycles. The molecule has 0 saturated carbocycles. The fraction of sp³-hybridized carbons (Fsp3) is 0.263. The summed E-state index contributed by atoms with van der Waals surface area (Å²) in [5.74, 6) is 0.954. The number of hydrogen-bond donors (Lipinski definition) is 0. The first-order valence-electron chi connectivity index (χ1n) is 8.98. The summed E-state index contributed by atoms with van der Waals surface area (Å²) in [5.41, 5.74) is 0.782. The van der Waals surface area contributed by atoms with E-state index in [1.807, 2.05) is 12.1 Å². The molecule has 1 aliphatic heterocycles. The minimum absolute atomic E-state index is 0.210. The van der Waals surface area contributed by atoms with Gasteiger partial charge in [0.2, 0.25) is 21.7 Å². The van der Waals surface area contributed by atoms with Gasteiger partial charge in [-0.3, -0.25) is 4.90 Å². The van der Waals surface area contributed by atoms with Crippen LogP contribution in [0.4, 0.5) is 0 Å². The number of halogens is 2. The number of hydrogen-bond acceptors (Lipinski definition) is 6. The summed E-state index contributed by atoms with van der Waals surface area (Å²) in [6, 6.07) is 13.6. The molecule has 4 rings (SSSR count). The summed E-state index contributed by atoms with van der Waals surface area (Å²) >= 11 is 11.9. The third kappa shape index (κ3) is 4.62. The van der Waals surface area contributed by atoms with Crippen LogP contribution in [0.3, 0.4) is 0 Å². The molecule has 1 saturated heterocycles. The highest BCUT2D eigenvalue weighted by Crippen LogP contribution is 2.22. The molecule has 0 amide bonds. The van der Waals surface area contributed by atoms with Crippen LogP contribution in [0.1, 0.15) is 5.89 Å². The largest absolute Gasteiger partial charge is 0.338 e. The Balaban J connectivity index is 1.38. The molecule has 0 aliphatic carbocycles. The number of benzene rings is 2. The predicted octanol–water partition coefficient (Wildman–Crippen LogP) is 3.55. The molecule has 1 aromatic heterocycles. The van der Waals surface area contributed by atoms with Crippen molar-refractivity contribution in [3.05, 3.63) is 64.5 Å². The van der Waals surface area contributed by atoms with E-state index in [1.54, 1.807) is 30.3 Å². The third-order valence-corrected chi connectivity index (χ3v) is 7.04. The van der Waals surface area contributed by atoms with Gasteiger partial charge in [0.25, 0.3) is 0 Å². The van der Waals surface area contributed by atoms with Gasteiger partial charge in [-0.25, -0.2) is 8.42 Å². The van der Waals surface area contributed by atoms with Crippen molar-refractivity contribution in [1.29, 1.82) is 0 Å². The summed E-state index contributed by atoms with van der Waals surface area (Å²) in [5, 5.41) is 5.01. The smallest absolute Gasteiger partial charge is 0.243 e. The second-order valence-corrected chi connectivity index (χ2v) is 9.47. The quantitative estimate of drug-likeness (QED) is 0.588. The van der Waals surface area contributed by atoms with Gasteiger partial charge in [0.05, 0.1) is 11.4 Å². The lowest BCUT2D eigenvalue weighted by Crippen LogP contribution is -2.48. The van der Waals surface area contributed by atoms with Crippen LogP contribution in [0.2, 0.25) is 10.0 Å². The first-order chi connectivity index (χ1) is 13.9. The molecule has 0 unspecified atom stereocenters. The van der Waals surface area contributed by atoms with Gasteiger partial charge < -0.3 is 4.52 Å². The van der Waals surface area contributed by atoms with Crippen LogP contribution in [-0.2, 0) is 16.6 Å². The lowest BCUT2D eigenvalue weighted by molar-refractivity contribution is 0.163. The monoisotopic (exact) mass is 452 g/mol. The predicted molar refractivity (Wildman–Crippen MR) is 110 cm³/mol. The lowest BCUT2D eigenvalue weighted by Gasteiger charge is -2.33. The van der Waals surface area contributed by atoms with Crippen LogP contribution in [0.25, 0.3) is 11.4 Å². The molecule has 152 valence electrons. The standard InChI is InChI=1S/C19H18Cl2N4O3S/c20-15-4-1-3-14(11-15)19-22-18(28-23-19)13-24-7-9-25(10-8-24)29(26,27)17-6-2-5-16(21)12-17/h1-6,11-12H,7-10,13H2. The molecule has 0 spiro atoms. The van der Waals surface area contributed by atoms with Gasteiger partial charge in [-0.05, 0) is 30.3 Å². The molecule has 7 nitrogen and oxygen atoms in total. The number of rotatable bonds is 5. The summed E-state index contributed by atoms with van der Waals surface area (Å²) in [6.07, 6.45) is 0. The van der Waals surface area contributed by atoms with Crippen LogP contribution in [0.15, 0.2) is 57.9 Å². The first kappa shape index (κ1) is 20.3. The summed E-state index contributed by atoms with van der Waals surface area (Å²) in [4.78, 5) is 6.71. The van der Waals surface area contributed by atoms with E-state index in [1.165, 1.54) is 10.4 Å². The maximum absolute atomic E-state index is 12.8. The van der Waals surface area contributed by atoms with Gasteiger partial charge in [-0.15, -0.1) is 0 Å². The van der Waals surface area contributed by atoms with Crippen molar-refractivity contribution in [2.45, 2.75) is 11.4 Å². The fourth-order valence-electron chi connectivity index (χ4n) is 3.16. The molecule has 0 radical (unpaired) electrons. The average molecular weight is 453 g/mol. The van der Waals surface area contributed by atoms with Crippen LogP contribution in [-0.4, -0.2) is 53.9 Å². The normalized spacial score (nSPS) is 16.2. The molecule has 0 atom stereocenters. The Morgan fingerprint density at radius 3 is 2.34 bits per heavy atom. The van der Waals surface area contributed by atoms with E-state index in [-0.39, 0.29) is 4.90 Å². The topological polar surface area (TPSA) is 79.5 Å². The fourth-order valence-corrected chi connectivity index (χ4v) is 5.07. The van der Waals surface area contributed by atoms with Gasteiger partial charge in [0.15, 0.2) is 0 Å². The third-order valence-electron chi connectivity index (χ3n) is 4.67. The van der Waals surface area contributed by atoms with E-state index < -0.39 is 10.0 Å². The van der Waals surface area contributed by atoms with Gasteiger partial charge in [0.1, 0.15) is 0 Å². The maximum atomic E-state index is 12.8. The van der Waals surface area contributed by atoms with E-state index in [9.17, 15) is 8.42 Å². The molecule has 3 aromatic rings. The molecule has 2 heterocycles. The molecule has 0 N–H and O–H groups in total. The molecule has 0 bridgehead atoms. The Kier molecular flexibility index (Phi) is 5.89. The van der Waals surface area contributed by atoms with Gasteiger partial charge >= 0.3 is 0 Å². The minimum atomic E-state index is -3.56. The van der Waals surface area contributed by atoms with Crippen LogP contribution >= 0.6 is 23.2 Å². The number of piperazine rings is 1. The first-order valence-corrected chi connectivity index (χ1v) is 11.2. The van der Waals surface area contributed by atoms with Crippen LogP contribution in [0, 0.1) is 0 Å². The Bertz CT molecular complexity index is 1110. The summed E-state index contributed by atoms with van der Waals surface area (Å²) in [7, 11) is -3.56. The van der Waals surface area contributed by atoms with Crippen molar-refractivity contribution in [2.24, 2.45) is 0 Å². The zero-order chi connectivity index (χ0) is 20.4. The second-order valence-electron chi connectivity index (χ2n) is 6.66. The number of sulfonamides is 1.